The zero-order valence-electron chi connectivity index (χ0n) is 12.6. The van der Waals surface area contributed by atoms with Gasteiger partial charge < -0.3 is 15.0 Å². The SMILES string of the molecule is Cc1ccc2c(c1)CC(CN1C(=O)C(C)NC(=O)C1C)O2. The van der Waals surface area contributed by atoms with Crippen LogP contribution in [-0.2, 0) is 16.0 Å². The van der Waals surface area contributed by atoms with Crippen LogP contribution in [0.15, 0.2) is 18.2 Å². The first kappa shape index (κ1) is 13.9. The summed E-state index contributed by atoms with van der Waals surface area (Å²) in [6.45, 7) is 5.97. The van der Waals surface area contributed by atoms with Gasteiger partial charge >= 0.3 is 0 Å². The monoisotopic (exact) mass is 288 g/mol. The van der Waals surface area contributed by atoms with E-state index >= 15 is 0 Å². The van der Waals surface area contributed by atoms with E-state index < -0.39 is 12.1 Å². The molecule has 21 heavy (non-hydrogen) atoms. The van der Waals surface area contributed by atoms with Gasteiger partial charge in [0.1, 0.15) is 23.9 Å². The van der Waals surface area contributed by atoms with E-state index in [-0.39, 0.29) is 17.9 Å². The van der Waals surface area contributed by atoms with Gasteiger partial charge in [0, 0.05) is 6.42 Å². The predicted octanol–water partition coefficient (Wildman–Crippen LogP) is 1.03. The van der Waals surface area contributed by atoms with Crippen LogP contribution < -0.4 is 10.1 Å². The van der Waals surface area contributed by atoms with Gasteiger partial charge in [-0.1, -0.05) is 17.7 Å². The average molecular weight is 288 g/mol. The molecule has 1 saturated heterocycles. The molecular formula is C16H20N2O3. The molecule has 2 amide bonds. The van der Waals surface area contributed by atoms with Gasteiger partial charge in [0.2, 0.25) is 11.8 Å². The third-order valence-corrected chi connectivity index (χ3v) is 4.22. The second kappa shape index (κ2) is 5.06. The van der Waals surface area contributed by atoms with Crippen molar-refractivity contribution in [2.24, 2.45) is 0 Å². The summed E-state index contributed by atoms with van der Waals surface area (Å²) in [6.07, 6.45) is 0.704. The van der Waals surface area contributed by atoms with Gasteiger partial charge in [0.05, 0.1) is 6.54 Å². The van der Waals surface area contributed by atoms with E-state index in [4.69, 9.17) is 4.74 Å². The quantitative estimate of drug-likeness (QED) is 0.884. The van der Waals surface area contributed by atoms with E-state index in [2.05, 4.69) is 18.3 Å². The van der Waals surface area contributed by atoms with E-state index in [0.717, 1.165) is 12.2 Å². The van der Waals surface area contributed by atoms with Crippen LogP contribution in [0, 0.1) is 6.92 Å². The molecule has 0 aliphatic carbocycles. The van der Waals surface area contributed by atoms with Gasteiger partial charge in [-0.2, -0.15) is 0 Å². The molecule has 0 aromatic heterocycles. The number of carbonyl (C=O) groups excluding carboxylic acids is 2. The molecule has 1 aromatic rings. The van der Waals surface area contributed by atoms with E-state index in [1.807, 2.05) is 12.1 Å². The summed E-state index contributed by atoms with van der Waals surface area (Å²) in [5.74, 6) is 0.742. The lowest BCUT2D eigenvalue weighted by molar-refractivity contribution is -0.149. The Bertz CT molecular complexity index is 599. The largest absolute Gasteiger partial charge is 0.488 e. The fraction of sp³-hybridized carbons (Fsp3) is 0.500. The molecule has 112 valence electrons. The highest BCUT2D eigenvalue weighted by atomic mass is 16.5. The van der Waals surface area contributed by atoms with Crippen molar-refractivity contribution in [2.45, 2.75) is 45.4 Å². The number of aryl methyl sites for hydroxylation is 1. The smallest absolute Gasteiger partial charge is 0.245 e. The Morgan fingerprint density at radius 3 is 2.86 bits per heavy atom. The molecule has 2 heterocycles. The maximum Gasteiger partial charge on any atom is 0.245 e. The summed E-state index contributed by atoms with van der Waals surface area (Å²) >= 11 is 0. The normalized spacial score (nSPS) is 28.1. The molecule has 3 atom stereocenters. The zero-order chi connectivity index (χ0) is 15.1. The number of ether oxygens (including phenoxy) is 1. The lowest BCUT2D eigenvalue weighted by Crippen LogP contribution is -2.62. The van der Waals surface area contributed by atoms with E-state index in [0.29, 0.717) is 6.54 Å². The van der Waals surface area contributed by atoms with Crippen LogP contribution in [0.5, 0.6) is 5.75 Å². The molecule has 3 unspecified atom stereocenters. The maximum atomic E-state index is 12.3. The van der Waals surface area contributed by atoms with Gasteiger partial charge in [-0.15, -0.1) is 0 Å². The standard InChI is InChI=1S/C16H20N2O3/c1-9-4-5-14-12(6-9)7-13(21-14)8-18-11(3)15(19)17-10(2)16(18)20/h4-6,10-11,13H,7-8H2,1-3H3,(H,17,19). The topological polar surface area (TPSA) is 58.6 Å². The van der Waals surface area contributed by atoms with E-state index in [1.54, 1.807) is 18.7 Å². The van der Waals surface area contributed by atoms with Gasteiger partial charge in [0.25, 0.3) is 0 Å². The van der Waals surface area contributed by atoms with Gasteiger partial charge in [0.15, 0.2) is 0 Å². The predicted molar refractivity (Wildman–Crippen MR) is 78.1 cm³/mol. The van der Waals surface area contributed by atoms with Crippen LogP contribution in [0.2, 0.25) is 0 Å². The number of piperazine rings is 1. The Labute approximate surface area is 124 Å². The minimum absolute atomic E-state index is 0.0437. The first-order valence-electron chi connectivity index (χ1n) is 7.32. The molecule has 0 radical (unpaired) electrons. The third kappa shape index (κ3) is 2.48. The highest BCUT2D eigenvalue weighted by molar-refractivity contribution is 5.96. The number of fused-ring (bicyclic) bond motifs is 1. The molecule has 0 spiro atoms. The summed E-state index contributed by atoms with van der Waals surface area (Å²) in [5, 5.41) is 2.69. The molecule has 1 fully saturated rings. The number of rotatable bonds is 2. The first-order chi connectivity index (χ1) is 9.95. The van der Waals surface area contributed by atoms with Gasteiger partial charge in [-0.25, -0.2) is 0 Å². The molecular weight excluding hydrogens is 268 g/mol. The summed E-state index contributed by atoms with van der Waals surface area (Å²) in [6, 6.07) is 5.21. The summed E-state index contributed by atoms with van der Waals surface area (Å²) in [5.41, 5.74) is 2.38. The van der Waals surface area contributed by atoms with Crippen LogP contribution in [0.25, 0.3) is 0 Å². The molecule has 1 N–H and O–H groups in total. The fourth-order valence-corrected chi connectivity index (χ4v) is 3.00. The lowest BCUT2D eigenvalue weighted by Gasteiger charge is -2.37. The fourth-order valence-electron chi connectivity index (χ4n) is 3.00. The molecule has 0 saturated carbocycles. The Morgan fingerprint density at radius 2 is 2.10 bits per heavy atom. The number of nitrogens with zero attached hydrogens (tertiary/aromatic N) is 1. The van der Waals surface area contributed by atoms with Crippen molar-refractivity contribution in [1.82, 2.24) is 10.2 Å². The number of hydrogen-bond acceptors (Lipinski definition) is 3. The van der Waals surface area contributed by atoms with Gasteiger partial charge in [-0.05, 0) is 32.4 Å². The van der Waals surface area contributed by atoms with Crippen LogP contribution >= 0.6 is 0 Å². The van der Waals surface area contributed by atoms with Crippen molar-refractivity contribution < 1.29 is 14.3 Å². The van der Waals surface area contributed by atoms with Crippen molar-refractivity contribution in [2.75, 3.05) is 6.54 Å². The zero-order valence-corrected chi connectivity index (χ0v) is 12.6. The molecule has 1 aromatic carbocycles. The molecule has 2 aliphatic rings. The van der Waals surface area contributed by atoms with Crippen LogP contribution in [0.1, 0.15) is 25.0 Å². The number of hydrogen-bond donors (Lipinski definition) is 1. The first-order valence-corrected chi connectivity index (χ1v) is 7.32. The van der Waals surface area contributed by atoms with Crippen LogP contribution in [0.3, 0.4) is 0 Å². The Balaban J connectivity index is 1.73. The number of benzene rings is 1. The Kier molecular flexibility index (Phi) is 3.35. The van der Waals surface area contributed by atoms with Crippen LogP contribution in [0.4, 0.5) is 0 Å². The third-order valence-electron chi connectivity index (χ3n) is 4.22. The highest BCUT2D eigenvalue weighted by Crippen LogP contribution is 2.30. The number of carbonyl (C=O) groups is 2. The summed E-state index contributed by atoms with van der Waals surface area (Å²) in [4.78, 5) is 25.7. The Morgan fingerprint density at radius 1 is 1.33 bits per heavy atom. The second-order valence-corrected chi connectivity index (χ2v) is 5.95. The number of amides is 2. The van der Waals surface area contributed by atoms with Crippen molar-refractivity contribution >= 4 is 11.8 Å². The molecule has 0 bridgehead atoms. The minimum Gasteiger partial charge on any atom is -0.488 e. The second-order valence-electron chi connectivity index (χ2n) is 5.95. The maximum absolute atomic E-state index is 12.3. The van der Waals surface area contributed by atoms with Crippen molar-refractivity contribution in [1.29, 1.82) is 0 Å². The van der Waals surface area contributed by atoms with E-state index in [1.165, 1.54) is 11.1 Å². The molecule has 5 heteroatoms. The molecule has 3 rings (SSSR count). The molecule has 5 nitrogen and oxygen atoms in total. The Hall–Kier alpha value is -2.04. The van der Waals surface area contributed by atoms with Crippen molar-refractivity contribution in [3.05, 3.63) is 29.3 Å². The van der Waals surface area contributed by atoms with Crippen molar-refractivity contribution in [3.63, 3.8) is 0 Å². The minimum atomic E-state index is -0.459. The highest BCUT2D eigenvalue weighted by Gasteiger charge is 2.38. The lowest BCUT2D eigenvalue weighted by atomic mass is 10.0. The average Bonchev–Trinajstić information content (AvgIpc) is 2.83. The summed E-state index contributed by atoms with van der Waals surface area (Å²) in [7, 11) is 0. The summed E-state index contributed by atoms with van der Waals surface area (Å²) < 4.78 is 5.91. The van der Waals surface area contributed by atoms with Crippen molar-refractivity contribution in [3.8, 4) is 5.75 Å². The van der Waals surface area contributed by atoms with Gasteiger partial charge in [-0.3, -0.25) is 9.59 Å². The molecule has 2 aliphatic heterocycles. The number of nitrogens with one attached hydrogen (secondary N) is 1. The van der Waals surface area contributed by atoms with E-state index in [9.17, 15) is 9.59 Å². The van der Waals surface area contributed by atoms with Crippen LogP contribution in [-0.4, -0.2) is 41.4 Å².